The summed E-state index contributed by atoms with van der Waals surface area (Å²) in [5.74, 6) is -4.28. The standard InChI is InChI=1S/C32H38N4O10S/c1-21(35-25(32(42)43)15-14-22-10-4-2-5-11-22)30(39)36(20-28(37)38)17-9-8-16-34-26-18-23(31(40)41)19-27(47(33,44)45)29(26)46-24-12-6-3-7-13-24/h2-7,10-13,18-19,21,25,34-35H,8-9,14-17,20H2,1H3,(H,37,38)(H,40,41)(H,42,43)(H2,33,44,45)/t21-,25-/m0/s1. The molecular weight excluding hydrogens is 632 g/mol. The Morgan fingerprint density at radius 2 is 1.57 bits per heavy atom. The summed E-state index contributed by atoms with van der Waals surface area (Å²) in [5, 5.41) is 39.8. The second-order valence-corrected chi connectivity index (χ2v) is 12.2. The number of ether oxygens (including phenoxy) is 1. The predicted octanol–water partition coefficient (Wildman–Crippen LogP) is 2.99. The highest BCUT2D eigenvalue weighted by Gasteiger charge is 2.27. The van der Waals surface area contributed by atoms with Gasteiger partial charge >= 0.3 is 17.9 Å². The third-order valence-corrected chi connectivity index (χ3v) is 7.98. The van der Waals surface area contributed by atoms with Gasteiger partial charge in [0.05, 0.1) is 17.3 Å². The van der Waals surface area contributed by atoms with Crippen molar-refractivity contribution in [1.29, 1.82) is 0 Å². The van der Waals surface area contributed by atoms with Crippen LogP contribution in [0.2, 0.25) is 0 Å². The molecule has 47 heavy (non-hydrogen) atoms. The number of sulfonamides is 1. The van der Waals surface area contributed by atoms with Gasteiger partial charge < -0.3 is 30.3 Å². The minimum Gasteiger partial charge on any atom is -0.480 e. The lowest BCUT2D eigenvalue weighted by atomic mass is 10.0. The Bertz CT molecular complexity index is 1650. The van der Waals surface area contributed by atoms with Crippen molar-refractivity contribution in [1.82, 2.24) is 10.2 Å². The molecule has 0 aliphatic carbocycles. The van der Waals surface area contributed by atoms with E-state index in [2.05, 4.69) is 10.6 Å². The number of unbranched alkanes of at least 4 members (excludes halogenated alkanes) is 1. The fraction of sp³-hybridized carbons (Fsp3) is 0.312. The molecule has 14 nitrogen and oxygen atoms in total. The number of para-hydroxylation sites is 1. The topological polar surface area (TPSA) is 226 Å². The molecule has 1 amide bonds. The number of primary sulfonamides is 1. The van der Waals surface area contributed by atoms with Crippen molar-refractivity contribution in [3.63, 3.8) is 0 Å². The SMILES string of the molecule is C[C@H](N[C@@H](CCc1ccccc1)C(=O)O)C(=O)N(CCCCNc1cc(C(=O)O)cc(S(N)(=O)=O)c1Oc1ccccc1)CC(=O)O. The highest BCUT2D eigenvalue weighted by atomic mass is 32.2. The van der Waals surface area contributed by atoms with Gasteiger partial charge in [0.15, 0.2) is 5.75 Å². The van der Waals surface area contributed by atoms with Crippen LogP contribution in [0.15, 0.2) is 77.7 Å². The number of hydrogen-bond donors (Lipinski definition) is 6. The van der Waals surface area contributed by atoms with E-state index in [0.717, 1.165) is 16.5 Å². The van der Waals surface area contributed by atoms with E-state index in [1.165, 1.54) is 13.0 Å². The Hall–Kier alpha value is -4.99. The molecule has 0 radical (unpaired) electrons. The van der Waals surface area contributed by atoms with Gasteiger partial charge in [-0.25, -0.2) is 18.4 Å². The molecule has 7 N–H and O–H groups in total. The third kappa shape index (κ3) is 11.4. The maximum atomic E-state index is 13.2. The number of carbonyl (C=O) groups is 4. The van der Waals surface area contributed by atoms with E-state index in [1.807, 2.05) is 30.3 Å². The van der Waals surface area contributed by atoms with Crippen LogP contribution in [-0.2, 0) is 30.8 Å². The highest BCUT2D eigenvalue weighted by Crippen LogP contribution is 2.37. The minimum absolute atomic E-state index is 0.0194. The molecule has 3 aromatic carbocycles. The quantitative estimate of drug-likeness (QED) is 0.101. The summed E-state index contributed by atoms with van der Waals surface area (Å²) < 4.78 is 30.6. The zero-order valence-electron chi connectivity index (χ0n) is 25.7. The van der Waals surface area contributed by atoms with Crippen molar-refractivity contribution < 1.29 is 47.7 Å². The molecule has 15 heteroatoms. The molecule has 0 fully saturated rings. The normalized spacial score (nSPS) is 12.5. The van der Waals surface area contributed by atoms with Crippen molar-refractivity contribution in [3.05, 3.63) is 83.9 Å². The molecule has 0 heterocycles. The maximum Gasteiger partial charge on any atom is 0.335 e. The minimum atomic E-state index is -4.41. The zero-order valence-corrected chi connectivity index (χ0v) is 26.5. The molecule has 3 aromatic rings. The van der Waals surface area contributed by atoms with Gasteiger partial charge in [-0.15, -0.1) is 0 Å². The first-order valence-electron chi connectivity index (χ1n) is 14.7. The first kappa shape index (κ1) is 36.5. The maximum absolute atomic E-state index is 13.2. The number of anilines is 1. The van der Waals surface area contributed by atoms with Crippen LogP contribution in [0.1, 0.15) is 42.1 Å². The average molecular weight is 671 g/mol. The van der Waals surface area contributed by atoms with Crippen LogP contribution in [0.4, 0.5) is 5.69 Å². The Labute approximate surface area is 272 Å². The molecule has 0 unspecified atom stereocenters. The van der Waals surface area contributed by atoms with Crippen molar-refractivity contribution >= 4 is 39.5 Å². The number of aryl methyl sites for hydroxylation is 1. The largest absolute Gasteiger partial charge is 0.480 e. The highest BCUT2D eigenvalue weighted by molar-refractivity contribution is 7.89. The van der Waals surface area contributed by atoms with Crippen LogP contribution in [0.3, 0.4) is 0 Å². The average Bonchev–Trinajstić information content (AvgIpc) is 3.02. The van der Waals surface area contributed by atoms with Crippen molar-refractivity contribution in [3.8, 4) is 11.5 Å². The number of hydrogen-bond acceptors (Lipinski definition) is 9. The van der Waals surface area contributed by atoms with Crippen molar-refractivity contribution in [2.45, 2.75) is 49.6 Å². The molecule has 3 rings (SSSR count). The molecule has 0 bridgehead atoms. The molecule has 0 saturated carbocycles. The molecular formula is C32H38N4O10S. The molecule has 0 aliphatic rings. The van der Waals surface area contributed by atoms with E-state index in [0.29, 0.717) is 19.3 Å². The number of nitrogens with one attached hydrogen (secondary N) is 2. The number of amides is 1. The molecule has 0 saturated heterocycles. The van der Waals surface area contributed by atoms with Crippen LogP contribution in [0.25, 0.3) is 0 Å². The van der Waals surface area contributed by atoms with Gasteiger partial charge in [0.25, 0.3) is 0 Å². The number of nitrogens with zero attached hydrogens (tertiary/aromatic N) is 1. The van der Waals surface area contributed by atoms with Crippen LogP contribution < -0.4 is 20.5 Å². The number of aromatic carboxylic acids is 1. The Balaban J connectivity index is 1.67. The number of carbonyl (C=O) groups excluding carboxylic acids is 1. The second-order valence-electron chi connectivity index (χ2n) is 10.7. The van der Waals surface area contributed by atoms with Crippen LogP contribution in [0.5, 0.6) is 11.5 Å². The smallest absolute Gasteiger partial charge is 0.335 e. The fourth-order valence-electron chi connectivity index (χ4n) is 4.74. The summed E-state index contributed by atoms with van der Waals surface area (Å²) in [6, 6.07) is 17.6. The monoisotopic (exact) mass is 670 g/mol. The van der Waals surface area contributed by atoms with Gasteiger partial charge in [0.2, 0.25) is 15.9 Å². The van der Waals surface area contributed by atoms with Crippen LogP contribution >= 0.6 is 0 Å². The van der Waals surface area contributed by atoms with E-state index < -0.39 is 57.4 Å². The Morgan fingerprint density at radius 1 is 0.936 bits per heavy atom. The van der Waals surface area contributed by atoms with Gasteiger partial charge in [0, 0.05) is 13.1 Å². The lowest BCUT2D eigenvalue weighted by Crippen LogP contribution is -2.52. The summed E-state index contributed by atoms with van der Waals surface area (Å²) >= 11 is 0. The van der Waals surface area contributed by atoms with Gasteiger partial charge in [-0.05, 0) is 62.4 Å². The van der Waals surface area contributed by atoms with E-state index in [1.54, 1.807) is 30.3 Å². The number of nitrogens with two attached hydrogens (primary N) is 1. The number of aliphatic carboxylic acids is 2. The third-order valence-electron chi connectivity index (χ3n) is 7.06. The van der Waals surface area contributed by atoms with Crippen LogP contribution in [0, 0.1) is 0 Å². The zero-order chi connectivity index (χ0) is 34.6. The second kappa shape index (κ2) is 17.1. The molecule has 0 spiro atoms. The lowest BCUT2D eigenvalue weighted by Gasteiger charge is -2.27. The van der Waals surface area contributed by atoms with Gasteiger partial charge in [-0.2, -0.15) is 0 Å². The van der Waals surface area contributed by atoms with E-state index in [-0.39, 0.29) is 42.3 Å². The summed E-state index contributed by atoms with van der Waals surface area (Å²) in [7, 11) is -4.41. The molecule has 0 aromatic heterocycles. The number of rotatable bonds is 19. The summed E-state index contributed by atoms with van der Waals surface area (Å²) in [6.45, 7) is 1.05. The van der Waals surface area contributed by atoms with Crippen LogP contribution in [-0.4, -0.2) is 84.2 Å². The lowest BCUT2D eigenvalue weighted by molar-refractivity contribution is -0.146. The van der Waals surface area contributed by atoms with Crippen molar-refractivity contribution in [2.24, 2.45) is 5.14 Å². The number of benzene rings is 3. The predicted molar refractivity (Wildman–Crippen MR) is 172 cm³/mol. The fourth-order valence-corrected chi connectivity index (χ4v) is 5.44. The van der Waals surface area contributed by atoms with Gasteiger partial charge in [-0.3, -0.25) is 19.7 Å². The summed E-state index contributed by atoms with van der Waals surface area (Å²) in [5.41, 5.74) is 0.638. The first-order chi connectivity index (χ1) is 22.3. The van der Waals surface area contributed by atoms with E-state index >= 15 is 0 Å². The van der Waals surface area contributed by atoms with E-state index in [4.69, 9.17) is 9.88 Å². The van der Waals surface area contributed by atoms with Gasteiger partial charge in [0.1, 0.15) is 23.2 Å². The Morgan fingerprint density at radius 3 is 2.15 bits per heavy atom. The number of carboxylic acid groups (broad SMARTS) is 3. The Kier molecular flexibility index (Phi) is 13.3. The summed E-state index contributed by atoms with van der Waals surface area (Å²) in [6.07, 6.45) is 1.31. The molecule has 0 aliphatic heterocycles. The van der Waals surface area contributed by atoms with Gasteiger partial charge in [-0.1, -0.05) is 48.5 Å². The summed E-state index contributed by atoms with van der Waals surface area (Å²) in [4.78, 5) is 48.9. The molecule has 252 valence electrons. The van der Waals surface area contributed by atoms with E-state index in [9.17, 15) is 42.9 Å². The first-order valence-corrected chi connectivity index (χ1v) is 16.2. The number of carboxylic acids is 3. The molecule has 2 atom stereocenters. The van der Waals surface area contributed by atoms with Crippen molar-refractivity contribution in [2.75, 3.05) is 25.0 Å².